The molecule has 50 heavy (non-hydrogen) atoms. The molecule has 12 heteroatoms. The second kappa shape index (κ2) is 17.2. The molecular formula is C38H42Cl2N4O5S. The second-order valence-corrected chi connectivity index (χ2v) is 15.3. The zero-order chi connectivity index (χ0) is 35.7. The van der Waals surface area contributed by atoms with Gasteiger partial charge < -0.3 is 20.3 Å². The molecule has 0 aliphatic heterocycles. The van der Waals surface area contributed by atoms with E-state index >= 15 is 0 Å². The zero-order valence-electron chi connectivity index (χ0n) is 28.1. The number of carbonyl (C=O) groups is 2. The van der Waals surface area contributed by atoms with Crippen LogP contribution in [0, 0.1) is 5.92 Å². The number of hydrogen-bond acceptors (Lipinski definition) is 5. The molecule has 0 unspecified atom stereocenters. The fourth-order valence-electron chi connectivity index (χ4n) is 6.24. The monoisotopic (exact) mass is 736 g/mol. The molecule has 0 bridgehead atoms. The SMILES string of the molecule is CC(C)C[C@H](CN(CCCCNS(=O)(=O)c1ccc(Cl)cc1Cl)C(=O)OCC1c2ccccc2-c2ccccc21)NC(=O)Nc1ccccc1. The van der Waals surface area contributed by atoms with Gasteiger partial charge in [-0.15, -0.1) is 0 Å². The van der Waals surface area contributed by atoms with E-state index in [4.69, 9.17) is 27.9 Å². The standard InChI is InChI=1S/C38H42Cl2N4O5S/c1-26(2)22-29(43-37(45)42-28-12-4-3-5-13-28)24-44(21-11-10-20-41-50(47,48)36-19-18-27(39)23-35(36)40)38(46)49-25-34-32-16-8-6-14-30(32)31-15-7-9-17-33(31)34/h3-9,12-19,23,26,29,34,41H,10-11,20-22,24-25H2,1-2H3,(H2,42,43,45)/t29-/m1/s1. The first-order valence-electron chi connectivity index (χ1n) is 16.7. The molecule has 0 radical (unpaired) electrons. The van der Waals surface area contributed by atoms with Crippen molar-refractivity contribution in [3.63, 3.8) is 0 Å². The third kappa shape index (κ3) is 9.78. The fraction of sp³-hybridized carbons (Fsp3) is 0.316. The molecule has 1 aliphatic rings. The zero-order valence-corrected chi connectivity index (χ0v) is 30.4. The van der Waals surface area contributed by atoms with E-state index in [1.165, 1.54) is 18.2 Å². The van der Waals surface area contributed by atoms with Crippen LogP contribution in [0.4, 0.5) is 15.3 Å². The van der Waals surface area contributed by atoms with Crippen LogP contribution in [0.5, 0.6) is 0 Å². The first-order valence-corrected chi connectivity index (χ1v) is 18.9. The number of nitrogens with zero attached hydrogens (tertiary/aromatic N) is 1. The van der Waals surface area contributed by atoms with Gasteiger partial charge in [-0.2, -0.15) is 0 Å². The van der Waals surface area contributed by atoms with Crippen molar-refractivity contribution in [3.8, 4) is 11.1 Å². The van der Waals surface area contributed by atoms with Gasteiger partial charge in [0.1, 0.15) is 11.5 Å². The van der Waals surface area contributed by atoms with Crippen LogP contribution in [0.25, 0.3) is 11.1 Å². The van der Waals surface area contributed by atoms with Crippen LogP contribution in [0.15, 0.2) is 102 Å². The first kappa shape index (κ1) is 37.2. The number of carbonyl (C=O) groups excluding carboxylic acids is 2. The minimum Gasteiger partial charge on any atom is -0.448 e. The normalized spacial score (nSPS) is 13.0. The van der Waals surface area contributed by atoms with Crippen molar-refractivity contribution in [2.45, 2.75) is 50.0 Å². The fourth-order valence-corrected chi connectivity index (χ4v) is 8.08. The molecule has 4 aromatic carbocycles. The molecule has 3 N–H and O–H groups in total. The number of nitrogens with one attached hydrogen (secondary N) is 3. The third-order valence-corrected chi connectivity index (χ3v) is 10.7. The van der Waals surface area contributed by atoms with Crippen LogP contribution in [0.3, 0.4) is 0 Å². The molecule has 0 heterocycles. The molecule has 5 rings (SSSR count). The molecular weight excluding hydrogens is 695 g/mol. The number of unbranched alkanes of at least 4 members (excludes halogenated alkanes) is 1. The lowest BCUT2D eigenvalue weighted by Crippen LogP contribution is -2.48. The summed E-state index contributed by atoms with van der Waals surface area (Å²) in [5.41, 5.74) is 5.14. The van der Waals surface area contributed by atoms with Crippen LogP contribution in [0.1, 0.15) is 50.2 Å². The van der Waals surface area contributed by atoms with Gasteiger partial charge in [0, 0.05) is 42.3 Å². The molecule has 0 spiro atoms. The number of urea groups is 1. The summed E-state index contributed by atoms with van der Waals surface area (Å²) in [5, 5.41) is 6.27. The minimum absolute atomic E-state index is 0.0337. The molecule has 1 aliphatic carbocycles. The lowest BCUT2D eigenvalue weighted by molar-refractivity contribution is 0.0944. The molecule has 3 amide bonds. The average molecular weight is 738 g/mol. The molecule has 0 saturated carbocycles. The Kier molecular flexibility index (Phi) is 12.8. The molecule has 0 fully saturated rings. The van der Waals surface area contributed by atoms with Crippen molar-refractivity contribution in [1.29, 1.82) is 0 Å². The van der Waals surface area contributed by atoms with Gasteiger partial charge in [0.05, 0.1) is 5.02 Å². The smallest absolute Gasteiger partial charge is 0.409 e. The summed E-state index contributed by atoms with van der Waals surface area (Å²) in [4.78, 5) is 28.4. The van der Waals surface area contributed by atoms with Gasteiger partial charge in [-0.3, -0.25) is 0 Å². The minimum atomic E-state index is -3.86. The van der Waals surface area contributed by atoms with Crippen LogP contribution in [-0.2, 0) is 14.8 Å². The molecule has 1 atom stereocenters. The van der Waals surface area contributed by atoms with Crippen molar-refractivity contribution in [2.24, 2.45) is 5.92 Å². The Morgan fingerprint density at radius 1 is 0.860 bits per heavy atom. The summed E-state index contributed by atoms with van der Waals surface area (Å²) in [6.45, 7) is 4.90. The number of amides is 3. The molecule has 0 aromatic heterocycles. The summed E-state index contributed by atoms with van der Waals surface area (Å²) in [5.74, 6) is 0.124. The Morgan fingerprint density at radius 3 is 2.14 bits per heavy atom. The Balaban J connectivity index is 1.26. The average Bonchev–Trinajstić information content (AvgIpc) is 3.39. The maximum Gasteiger partial charge on any atom is 0.409 e. The summed E-state index contributed by atoms with van der Waals surface area (Å²) < 4.78 is 34.3. The van der Waals surface area contributed by atoms with E-state index in [-0.39, 0.29) is 60.1 Å². The van der Waals surface area contributed by atoms with Gasteiger partial charge in [-0.1, -0.05) is 104 Å². The highest BCUT2D eigenvalue weighted by Gasteiger charge is 2.30. The molecule has 0 saturated heterocycles. The summed E-state index contributed by atoms with van der Waals surface area (Å²) >= 11 is 12.1. The van der Waals surface area contributed by atoms with Crippen molar-refractivity contribution in [1.82, 2.24) is 14.9 Å². The molecule has 264 valence electrons. The van der Waals surface area contributed by atoms with E-state index in [9.17, 15) is 18.0 Å². The van der Waals surface area contributed by atoms with E-state index in [1.807, 2.05) is 42.5 Å². The number of benzene rings is 4. The number of anilines is 1. The summed E-state index contributed by atoms with van der Waals surface area (Å²) in [6.07, 6.45) is 1.04. The van der Waals surface area contributed by atoms with Crippen LogP contribution >= 0.6 is 23.2 Å². The van der Waals surface area contributed by atoms with Gasteiger partial charge >= 0.3 is 12.1 Å². The van der Waals surface area contributed by atoms with E-state index in [0.717, 1.165) is 22.3 Å². The predicted molar refractivity (Wildman–Crippen MR) is 199 cm³/mol. The Morgan fingerprint density at radius 2 is 1.50 bits per heavy atom. The van der Waals surface area contributed by atoms with Gasteiger partial charge in [0.2, 0.25) is 10.0 Å². The number of hydrogen-bond donors (Lipinski definition) is 3. The predicted octanol–water partition coefficient (Wildman–Crippen LogP) is 8.54. The van der Waals surface area contributed by atoms with Crippen LogP contribution in [-0.4, -0.2) is 57.7 Å². The number of ether oxygens (including phenoxy) is 1. The highest BCUT2D eigenvalue weighted by atomic mass is 35.5. The molecule has 4 aromatic rings. The highest BCUT2D eigenvalue weighted by molar-refractivity contribution is 7.89. The van der Waals surface area contributed by atoms with Gasteiger partial charge in [-0.25, -0.2) is 22.7 Å². The number of fused-ring (bicyclic) bond motifs is 3. The van der Waals surface area contributed by atoms with Crippen LogP contribution in [0.2, 0.25) is 10.0 Å². The van der Waals surface area contributed by atoms with Crippen molar-refractivity contribution < 1.29 is 22.7 Å². The maximum absolute atomic E-state index is 13.8. The number of halogens is 2. The van der Waals surface area contributed by atoms with E-state index in [0.29, 0.717) is 30.0 Å². The van der Waals surface area contributed by atoms with Gasteiger partial charge in [0.15, 0.2) is 0 Å². The quantitative estimate of drug-likeness (QED) is 0.106. The maximum atomic E-state index is 13.8. The third-order valence-electron chi connectivity index (χ3n) is 8.49. The Labute approximate surface area is 304 Å². The van der Waals surface area contributed by atoms with E-state index < -0.39 is 16.1 Å². The topological polar surface area (TPSA) is 117 Å². The highest BCUT2D eigenvalue weighted by Crippen LogP contribution is 2.44. The Bertz CT molecular complexity index is 1850. The summed E-state index contributed by atoms with van der Waals surface area (Å²) in [7, 11) is -3.86. The van der Waals surface area contributed by atoms with Crippen molar-refractivity contribution in [2.75, 3.05) is 31.6 Å². The van der Waals surface area contributed by atoms with E-state index in [1.54, 1.807) is 17.0 Å². The number of rotatable bonds is 15. The summed E-state index contributed by atoms with van der Waals surface area (Å²) in [6, 6.07) is 28.9. The first-order chi connectivity index (χ1) is 24.0. The van der Waals surface area contributed by atoms with Crippen molar-refractivity contribution >= 4 is 51.0 Å². The van der Waals surface area contributed by atoms with Crippen molar-refractivity contribution in [3.05, 3.63) is 118 Å². The lowest BCUT2D eigenvalue weighted by Gasteiger charge is -2.29. The van der Waals surface area contributed by atoms with Gasteiger partial charge in [-0.05, 0) is 77.8 Å². The Hall–Kier alpha value is -4.09. The van der Waals surface area contributed by atoms with E-state index in [2.05, 4.69) is 53.5 Å². The second-order valence-electron chi connectivity index (χ2n) is 12.7. The number of sulfonamides is 1. The molecule has 9 nitrogen and oxygen atoms in total. The number of para-hydroxylation sites is 1. The largest absolute Gasteiger partial charge is 0.448 e. The van der Waals surface area contributed by atoms with Crippen LogP contribution < -0.4 is 15.4 Å². The van der Waals surface area contributed by atoms with Gasteiger partial charge in [0.25, 0.3) is 0 Å². The lowest BCUT2D eigenvalue weighted by atomic mass is 9.98.